The van der Waals surface area contributed by atoms with Gasteiger partial charge < -0.3 is 25.2 Å². The van der Waals surface area contributed by atoms with Gasteiger partial charge in [0, 0.05) is 12.1 Å². The van der Waals surface area contributed by atoms with E-state index in [1.165, 1.54) is 0 Å². The fourth-order valence-electron chi connectivity index (χ4n) is 4.76. The van der Waals surface area contributed by atoms with Crippen LogP contribution in [0.2, 0.25) is 0 Å². The van der Waals surface area contributed by atoms with Gasteiger partial charge in [0.2, 0.25) is 0 Å². The third-order valence-electron chi connectivity index (χ3n) is 6.67. The molecule has 0 bridgehead atoms. The minimum atomic E-state index is -1.17. The first-order valence-electron chi connectivity index (χ1n) is 12.8. The van der Waals surface area contributed by atoms with Crippen LogP contribution in [0.25, 0.3) is 22.5 Å². The van der Waals surface area contributed by atoms with Gasteiger partial charge in [0.05, 0.1) is 17.7 Å². The molecule has 0 saturated carbocycles. The Hall–Kier alpha value is -4.25. The number of aliphatic hydroxyl groups excluding tert-OH is 1. The van der Waals surface area contributed by atoms with Crippen LogP contribution in [0.4, 0.5) is 0 Å². The Morgan fingerprint density at radius 3 is 2.33 bits per heavy atom. The monoisotopic (exact) mass is 534 g/mol. The molecule has 3 aromatic rings. The summed E-state index contributed by atoms with van der Waals surface area (Å²) in [7, 11) is 0. The summed E-state index contributed by atoms with van der Waals surface area (Å²) in [4.78, 5) is 26.7. The minimum Gasteiger partial charge on any atom is -0.477 e. The van der Waals surface area contributed by atoms with Crippen molar-refractivity contribution >= 4 is 11.9 Å². The molecule has 2 heterocycles. The highest BCUT2D eigenvalue weighted by Gasteiger charge is 2.48. The molecule has 11 nitrogen and oxygen atoms in total. The Kier molecular flexibility index (Phi) is 8.01. The Labute approximate surface area is 226 Å². The maximum Gasteiger partial charge on any atom is 0.354 e. The molecule has 0 saturated heterocycles. The third-order valence-corrected chi connectivity index (χ3v) is 6.67. The fraction of sp³-hybridized carbons (Fsp3) is 0.393. The average molecular weight is 535 g/mol. The molecular weight excluding hydrogens is 500 g/mol. The maximum atomic E-state index is 12.6. The number of carboxylic acid groups (broad SMARTS) is 1. The lowest BCUT2D eigenvalue weighted by Gasteiger charge is -2.41. The molecule has 1 aliphatic heterocycles. The number of H-pyrrole nitrogens is 1. The Morgan fingerprint density at radius 1 is 1.08 bits per heavy atom. The van der Waals surface area contributed by atoms with Crippen LogP contribution in [0, 0.1) is 5.41 Å². The van der Waals surface area contributed by atoms with Gasteiger partial charge in [-0.05, 0) is 54.3 Å². The lowest BCUT2D eigenvalue weighted by molar-refractivity contribution is -0.158. The van der Waals surface area contributed by atoms with E-state index < -0.39 is 23.7 Å². The van der Waals surface area contributed by atoms with Crippen molar-refractivity contribution in [2.45, 2.75) is 52.7 Å². The highest BCUT2D eigenvalue weighted by atomic mass is 16.5. The fourth-order valence-corrected chi connectivity index (χ4v) is 4.76. The molecule has 0 amide bonds. The molecule has 1 unspecified atom stereocenters. The lowest BCUT2D eigenvalue weighted by atomic mass is 9.96. The summed E-state index contributed by atoms with van der Waals surface area (Å²) in [6.07, 6.45) is 1.18. The number of benzene rings is 2. The second-order valence-corrected chi connectivity index (χ2v) is 10.6. The molecule has 206 valence electrons. The second kappa shape index (κ2) is 11.2. The average Bonchev–Trinajstić information content (AvgIpc) is 3.55. The summed E-state index contributed by atoms with van der Waals surface area (Å²) >= 11 is 0. The van der Waals surface area contributed by atoms with Crippen LogP contribution in [-0.4, -0.2) is 66.6 Å². The van der Waals surface area contributed by atoms with Crippen molar-refractivity contribution in [3.8, 4) is 22.5 Å². The number of aliphatic carboxylic acids is 1. The smallest absolute Gasteiger partial charge is 0.354 e. The largest absolute Gasteiger partial charge is 0.477 e. The van der Waals surface area contributed by atoms with Gasteiger partial charge in [0.1, 0.15) is 18.0 Å². The van der Waals surface area contributed by atoms with Gasteiger partial charge in [0.15, 0.2) is 5.82 Å². The number of aromatic nitrogens is 4. The van der Waals surface area contributed by atoms with Crippen LogP contribution in [0.5, 0.6) is 0 Å². The topological polar surface area (TPSA) is 154 Å². The summed E-state index contributed by atoms with van der Waals surface area (Å²) in [6.45, 7) is 6.93. The molecule has 2 aromatic carbocycles. The van der Waals surface area contributed by atoms with Gasteiger partial charge in [-0.1, -0.05) is 61.9 Å². The zero-order valence-electron chi connectivity index (χ0n) is 22.6. The number of aliphatic hydroxyl groups is 1. The number of nitrogens with zero attached hydrogens (tertiary/aromatic N) is 4. The molecule has 0 aliphatic carbocycles. The summed E-state index contributed by atoms with van der Waals surface area (Å²) in [6, 6.07) is 15.5. The van der Waals surface area contributed by atoms with E-state index >= 15 is 0 Å². The van der Waals surface area contributed by atoms with Crippen LogP contribution < -0.4 is 5.32 Å². The number of hydrogen-bond acceptors (Lipinski definition) is 9. The van der Waals surface area contributed by atoms with Crippen molar-refractivity contribution in [3.05, 3.63) is 65.5 Å². The normalized spacial score (nSPS) is 17.3. The van der Waals surface area contributed by atoms with Gasteiger partial charge in [-0.3, -0.25) is 4.79 Å². The van der Waals surface area contributed by atoms with E-state index in [1.807, 2.05) is 55.5 Å². The first-order chi connectivity index (χ1) is 18.6. The molecule has 0 spiro atoms. The quantitative estimate of drug-likeness (QED) is 0.285. The number of carboxylic acids is 1. The number of carbonyl (C=O) groups is 2. The molecule has 1 aromatic heterocycles. The van der Waals surface area contributed by atoms with Crippen molar-refractivity contribution < 1.29 is 24.5 Å². The van der Waals surface area contributed by atoms with Gasteiger partial charge in [-0.2, -0.15) is 0 Å². The molecular formula is C28H34N6O5. The molecule has 0 fully saturated rings. The van der Waals surface area contributed by atoms with Gasteiger partial charge in [0.25, 0.3) is 0 Å². The molecule has 4 rings (SSSR count). The highest BCUT2D eigenvalue weighted by molar-refractivity contribution is 5.88. The van der Waals surface area contributed by atoms with E-state index in [0.29, 0.717) is 18.7 Å². The number of nitrogens with one attached hydrogen (secondary N) is 2. The Bertz CT molecular complexity index is 1350. The second-order valence-electron chi connectivity index (χ2n) is 10.6. The summed E-state index contributed by atoms with van der Waals surface area (Å²) in [5, 5.41) is 37.5. The van der Waals surface area contributed by atoms with Crippen LogP contribution in [0.1, 0.15) is 46.1 Å². The van der Waals surface area contributed by atoms with Crippen molar-refractivity contribution in [2.75, 3.05) is 13.2 Å². The molecule has 0 radical (unpaired) electrons. The SMILES string of the molecule is CCCC1(COC(=O)C(C)(C)C)NC(CO)=C(C(=O)O)N1Cc1ccc(-c2ccccc2-c2nnn[nH]2)cc1. The molecule has 1 atom stereocenters. The highest BCUT2D eigenvalue weighted by Crippen LogP contribution is 2.36. The third kappa shape index (κ3) is 5.78. The van der Waals surface area contributed by atoms with E-state index in [9.17, 15) is 19.8 Å². The first-order valence-corrected chi connectivity index (χ1v) is 12.8. The van der Waals surface area contributed by atoms with Crippen molar-refractivity contribution in [1.29, 1.82) is 0 Å². The van der Waals surface area contributed by atoms with E-state index in [4.69, 9.17) is 4.74 Å². The zero-order chi connectivity index (χ0) is 28.2. The predicted molar refractivity (Wildman–Crippen MR) is 144 cm³/mol. The number of carbonyl (C=O) groups excluding carboxylic acids is 1. The van der Waals surface area contributed by atoms with Crippen molar-refractivity contribution in [1.82, 2.24) is 30.8 Å². The van der Waals surface area contributed by atoms with Crippen LogP contribution >= 0.6 is 0 Å². The predicted octanol–water partition coefficient (Wildman–Crippen LogP) is 3.31. The van der Waals surface area contributed by atoms with Crippen molar-refractivity contribution in [2.24, 2.45) is 5.41 Å². The van der Waals surface area contributed by atoms with E-state index in [-0.39, 0.29) is 30.5 Å². The summed E-state index contributed by atoms with van der Waals surface area (Å²) in [5.41, 5.74) is 1.99. The summed E-state index contributed by atoms with van der Waals surface area (Å²) < 4.78 is 5.70. The molecule has 11 heteroatoms. The standard InChI is InChI=1S/C28H34N6O5/c1-5-14-28(17-39-26(38)27(2,3)4)29-22(16-35)23(25(36)37)34(28)15-18-10-12-19(13-11-18)20-8-6-7-9-21(20)24-30-32-33-31-24/h6-13,29,35H,5,14-17H2,1-4H3,(H,36,37)(H,30,31,32,33). The van der Waals surface area contributed by atoms with E-state index in [2.05, 4.69) is 25.9 Å². The number of ether oxygens (including phenoxy) is 1. The zero-order valence-corrected chi connectivity index (χ0v) is 22.6. The number of esters is 1. The number of aromatic amines is 1. The van der Waals surface area contributed by atoms with E-state index in [1.54, 1.807) is 25.7 Å². The van der Waals surface area contributed by atoms with Crippen LogP contribution in [-0.2, 0) is 20.9 Å². The van der Waals surface area contributed by atoms with Gasteiger partial charge in [-0.25, -0.2) is 9.89 Å². The van der Waals surface area contributed by atoms with Gasteiger partial charge >= 0.3 is 11.9 Å². The number of tetrazole rings is 1. The van der Waals surface area contributed by atoms with Crippen LogP contribution in [0.15, 0.2) is 59.9 Å². The summed E-state index contributed by atoms with van der Waals surface area (Å²) in [5.74, 6) is -1.00. The maximum absolute atomic E-state index is 12.6. The van der Waals surface area contributed by atoms with E-state index in [0.717, 1.165) is 22.3 Å². The van der Waals surface area contributed by atoms with Gasteiger partial charge in [-0.15, -0.1) is 5.10 Å². The molecule has 1 aliphatic rings. The Balaban J connectivity index is 1.66. The van der Waals surface area contributed by atoms with Crippen molar-refractivity contribution in [3.63, 3.8) is 0 Å². The molecule has 39 heavy (non-hydrogen) atoms. The van der Waals surface area contributed by atoms with Crippen LogP contribution in [0.3, 0.4) is 0 Å². The minimum absolute atomic E-state index is 0.0370. The number of hydrogen-bond donors (Lipinski definition) is 4. The number of rotatable bonds is 10. The molecule has 4 N–H and O–H groups in total. The lowest BCUT2D eigenvalue weighted by Crippen LogP contribution is -2.57. The Morgan fingerprint density at radius 2 is 1.77 bits per heavy atom. The first kappa shape index (κ1) is 27.8.